The van der Waals surface area contributed by atoms with Crippen LogP contribution >= 0.6 is 23.2 Å². The van der Waals surface area contributed by atoms with E-state index in [1.54, 1.807) is 0 Å². The lowest BCUT2D eigenvalue weighted by atomic mass is 10.3. The highest BCUT2D eigenvalue weighted by Crippen LogP contribution is 2.36. The molecule has 0 unspecified atom stereocenters. The molecule has 1 aromatic rings. The first-order valence-electron chi connectivity index (χ1n) is 4.00. The highest BCUT2D eigenvalue weighted by Gasteiger charge is 2.34. The van der Waals surface area contributed by atoms with Crippen LogP contribution in [-0.4, -0.2) is 18.5 Å². The van der Waals surface area contributed by atoms with E-state index < -0.39 is 11.3 Å². The van der Waals surface area contributed by atoms with Gasteiger partial charge in [0.1, 0.15) is 5.69 Å². The lowest BCUT2D eigenvalue weighted by molar-refractivity contribution is -0.0558. The van der Waals surface area contributed by atoms with E-state index in [1.807, 2.05) is 0 Å². The maximum Gasteiger partial charge on any atom is 0.444 e. The highest BCUT2D eigenvalue weighted by atomic mass is 35.5. The Morgan fingerprint density at radius 2 is 2.00 bits per heavy atom. The summed E-state index contributed by atoms with van der Waals surface area (Å²) in [5, 5.41) is -1.32. The van der Waals surface area contributed by atoms with E-state index in [-0.39, 0.29) is 16.5 Å². The minimum atomic E-state index is -4.69. The minimum absolute atomic E-state index is 0.0477. The second kappa shape index (κ2) is 4.93. The molecular weight excluding hydrogens is 266 g/mol. The topological polar surface area (TPSA) is 21.6 Å². The average Bonchev–Trinajstić information content (AvgIpc) is 2.16. The molecule has 0 fully saturated rings. The van der Waals surface area contributed by atoms with Crippen LogP contribution in [0.4, 0.5) is 18.9 Å². The Bertz CT molecular complexity index is 418. The first-order valence-corrected chi connectivity index (χ1v) is 4.75. The third-order valence-corrected chi connectivity index (χ3v) is 2.20. The Hall–Kier alpha value is -0.940. The molecule has 0 N–H and O–H groups in total. The molecule has 0 radical (unpaired) electrons. The van der Waals surface area contributed by atoms with Crippen LogP contribution in [-0.2, 0) is 0 Å². The first kappa shape index (κ1) is 13.1. The predicted molar refractivity (Wildman–Crippen MR) is 57.0 cm³/mol. The molecule has 1 aromatic carbocycles. The summed E-state index contributed by atoms with van der Waals surface area (Å²) in [6.07, 6.45) is -4.69. The van der Waals surface area contributed by atoms with E-state index in [4.69, 9.17) is 27.9 Å². The molecule has 0 amide bonds. The summed E-state index contributed by atoms with van der Waals surface area (Å²) in [6, 6.07) is 4.24. The van der Waals surface area contributed by atoms with Gasteiger partial charge in [-0.05, 0) is 12.1 Å². The van der Waals surface area contributed by atoms with Crippen LogP contribution in [0.25, 0.3) is 0 Å². The second-order valence-corrected chi connectivity index (χ2v) is 3.46. The van der Waals surface area contributed by atoms with E-state index in [0.29, 0.717) is 0 Å². The van der Waals surface area contributed by atoms with Crippen LogP contribution in [0.5, 0.6) is 5.75 Å². The zero-order chi connectivity index (χ0) is 12.3. The maximum absolute atomic E-state index is 12.1. The highest BCUT2D eigenvalue weighted by molar-refractivity contribution is 6.67. The fourth-order valence-corrected chi connectivity index (χ4v) is 1.29. The second-order valence-electron chi connectivity index (χ2n) is 2.69. The van der Waals surface area contributed by atoms with Gasteiger partial charge in [-0.15, -0.1) is 0 Å². The molecule has 0 aromatic heterocycles. The van der Waals surface area contributed by atoms with Crippen molar-refractivity contribution >= 4 is 34.1 Å². The van der Waals surface area contributed by atoms with Crippen molar-refractivity contribution in [3.8, 4) is 5.75 Å². The van der Waals surface area contributed by atoms with Gasteiger partial charge in [-0.3, -0.25) is 0 Å². The number of methoxy groups -OCH3 is 1. The molecule has 0 aliphatic heterocycles. The predicted octanol–water partition coefficient (Wildman–Crippen LogP) is 4.18. The fraction of sp³-hybridized carbons (Fsp3) is 0.222. The van der Waals surface area contributed by atoms with Crippen molar-refractivity contribution < 1.29 is 17.9 Å². The number of hydrogen-bond donors (Lipinski definition) is 0. The summed E-state index contributed by atoms with van der Waals surface area (Å²) >= 11 is 10.7. The van der Waals surface area contributed by atoms with Gasteiger partial charge >= 0.3 is 6.18 Å². The van der Waals surface area contributed by atoms with Gasteiger partial charge in [0.25, 0.3) is 0 Å². The molecule has 0 saturated heterocycles. The number of para-hydroxylation sites is 1. The Morgan fingerprint density at radius 1 is 1.38 bits per heavy atom. The lowest BCUT2D eigenvalue weighted by Crippen LogP contribution is -2.16. The monoisotopic (exact) mass is 271 g/mol. The molecule has 2 nitrogen and oxygen atoms in total. The Kier molecular flexibility index (Phi) is 4.04. The molecule has 16 heavy (non-hydrogen) atoms. The van der Waals surface area contributed by atoms with Crippen LogP contribution in [0.3, 0.4) is 0 Å². The van der Waals surface area contributed by atoms with Crippen molar-refractivity contribution in [1.29, 1.82) is 0 Å². The zero-order valence-electron chi connectivity index (χ0n) is 7.98. The molecule has 0 heterocycles. The largest absolute Gasteiger partial charge is 0.493 e. The molecule has 7 heteroatoms. The third-order valence-electron chi connectivity index (χ3n) is 1.60. The molecule has 1 rings (SSSR count). The molecular formula is C9H6Cl2F3NO. The van der Waals surface area contributed by atoms with Crippen molar-refractivity contribution in [1.82, 2.24) is 0 Å². The van der Waals surface area contributed by atoms with Gasteiger partial charge < -0.3 is 4.74 Å². The van der Waals surface area contributed by atoms with Crippen LogP contribution in [0.15, 0.2) is 23.2 Å². The summed E-state index contributed by atoms with van der Waals surface area (Å²) in [4.78, 5) is 3.21. The van der Waals surface area contributed by atoms with Gasteiger partial charge in [0.15, 0.2) is 5.75 Å². The van der Waals surface area contributed by atoms with Gasteiger partial charge in [-0.2, -0.15) is 13.2 Å². The van der Waals surface area contributed by atoms with Crippen LogP contribution < -0.4 is 4.74 Å². The summed E-state index contributed by atoms with van der Waals surface area (Å²) in [5.41, 5.74) is -0.0719. The van der Waals surface area contributed by atoms with Gasteiger partial charge in [0.05, 0.1) is 12.1 Å². The SMILES string of the molecule is COc1c(Cl)cccc1N=C(Cl)C(F)(F)F. The lowest BCUT2D eigenvalue weighted by Gasteiger charge is -2.08. The third kappa shape index (κ3) is 3.02. The molecule has 0 spiro atoms. The molecule has 88 valence electrons. The van der Waals surface area contributed by atoms with Crippen molar-refractivity contribution in [2.24, 2.45) is 4.99 Å². The number of ether oxygens (including phenoxy) is 1. The number of rotatable bonds is 2. The molecule has 0 atom stereocenters. The Balaban J connectivity index is 3.20. The smallest absolute Gasteiger partial charge is 0.444 e. The van der Waals surface area contributed by atoms with Crippen molar-refractivity contribution in [3.05, 3.63) is 23.2 Å². The quantitative estimate of drug-likeness (QED) is 0.740. The normalized spacial score (nSPS) is 12.8. The van der Waals surface area contributed by atoms with Gasteiger partial charge in [0.2, 0.25) is 5.17 Å². The van der Waals surface area contributed by atoms with Crippen molar-refractivity contribution in [3.63, 3.8) is 0 Å². The molecule has 0 aliphatic rings. The summed E-state index contributed by atoms with van der Waals surface area (Å²) < 4.78 is 41.2. The van der Waals surface area contributed by atoms with Gasteiger partial charge in [-0.1, -0.05) is 29.3 Å². The summed E-state index contributed by atoms with van der Waals surface area (Å²) in [5.74, 6) is 0.0477. The van der Waals surface area contributed by atoms with Crippen LogP contribution in [0.2, 0.25) is 5.02 Å². The van der Waals surface area contributed by atoms with Crippen LogP contribution in [0.1, 0.15) is 0 Å². The van der Waals surface area contributed by atoms with E-state index in [2.05, 4.69) is 4.99 Å². The number of benzene rings is 1. The first-order chi connectivity index (χ1) is 7.36. The zero-order valence-corrected chi connectivity index (χ0v) is 9.49. The van der Waals surface area contributed by atoms with Crippen molar-refractivity contribution in [2.45, 2.75) is 6.18 Å². The Morgan fingerprint density at radius 3 is 2.50 bits per heavy atom. The number of nitrogens with zero attached hydrogens (tertiary/aromatic N) is 1. The van der Waals surface area contributed by atoms with Crippen LogP contribution in [0, 0.1) is 0 Å². The minimum Gasteiger partial charge on any atom is -0.493 e. The number of alkyl halides is 3. The molecule has 0 bridgehead atoms. The molecule has 0 saturated carbocycles. The maximum atomic E-state index is 12.1. The number of aliphatic imine (C=N–C) groups is 1. The Labute approximate surface area is 99.6 Å². The number of hydrogen-bond acceptors (Lipinski definition) is 2. The van der Waals surface area contributed by atoms with E-state index in [1.165, 1.54) is 25.3 Å². The van der Waals surface area contributed by atoms with E-state index in [0.717, 1.165) is 0 Å². The average molecular weight is 272 g/mol. The number of halogens is 5. The van der Waals surface area contributed by atoms with Crippen molar-refractivity contribution in [2.75, 3.05) is 7.11 Å². The summed E-state index contributed by atoms with van der Waals surface area (Å²) in [6.45, 7) is 0. The van der Waals surface area contributed by atoms with Gasteiger partial charge in [-0.25, -0.2) is 4.99 Å². The standard InChI is InChI=1S/C9H6Cl2F3NO/c1-16-7-5(10)3-2-4-6(7)15-8(11)9(12,13)14/h2-4H,1H3. The molecule has 0 aliphatic carbocycles. The summed E-state index contributed by atoms with van der Waals surface area (Å²) in [7, 11) is 1.28. The van der Waals surface area contributed by atoms with Gasteiger partial charge in [0, 0.05) is 0 Å². The fourth-order valence-electron chi connectivity index (χ4n) is 0.957. The van der Waals surface area contributed by atoms with E-state index >= 15 is 0 Å². The van der Waals surface area contributed by atoms with E-state index in [9.17, 15) is 13.2 Å².